The average Bonchev–Trinajstić information content (AvgIpc) is 3.18. The van der Waals surface area contributed by atoms with Crippen LogP contribution in [-0.2, 0) is 4.79 Å². The van der Waals surface area contributed by atoms with Crippen LogP contribution in [0.3, 0.4) is 0 Å². The molecule has 116 valence electrons. The number of hydrogen-bond acceptors (Lipinski definition) is 5. The highest BCUT2D eigenvalue weighted by Crippen LogP contribution is 2.28. The smallest absolute Gasteiger partial charge is 0.277 e. The van der Waals surface area contributed by atoms with Crippen LogP contribution in [-0.4, -0.2) is 39.3 Å². The third-order valence-corrected chi connectivity index (χ3v) is 4.68. The van der Waals surface area contributed by atoms with Crippen molar-refractivity contribution >= 4 is 29.3 Å². The number of halogens is 1. The molecule has 5 nitrogen and oxygen atoms in total. The maximum Gasteiger partial charge on any atom is 0.277 e. The van der Waals surface area contributed by atoms with E-state index in [1.165, 1.54) is 11.8 Å². The number of nitrogens with zero attached hydrogens (tertiary/aromatic N) is 3. The van der Waals surface area contributed by atoms with E-state index in [2.05, 4.69) is 10.2 Å². The fourth-order valence-corrected chi connectivity index (χ4v) is 3.35. The molecule has 2 heterocycles. The molecule has 1 aliphatic rings. The summed E-state index contributed by atoms with van der Waals surface area (Å²) in [4.78, 5) is 14.2. The van der Waals surface area contributed by atoms with E-state index in [0.717, 1.165) is 31.5 Å². The topological polar surface area (TPSA) is 59.2 Å². The molecular weight excluding hydrogens is 322 g/mol. The normalized spacial score (nSPS) is 16.0. The Morgan fingerprint density at radius 3 is 2.86 bits per heavy atom. The second kappa shape index (κ2) is 6.71. The van der Waals surface area contributed by atoms with Crippen LogP contribution in [0.4, 0.5) is 0 Å². The zero-order valence-electron chi connectivity index (χ0n) is 12.2. The van der Waals surface area contributed by atoms with Gasteiger partial charge < -0.3 is 9.32 Å². The maximum absolute atomic E-state index is 12.3. The predicted octanol–water partition coefficient (Wildman–Crippen LogP) is 3.49. The van der Waals surface area contributed by atoms with Gasteiger partial charge in [-0.25, -0.2) is 0 Å². The molecule has 0 bridgehead atoms. The summed E-state index contributed by atoms with van der Waals surface area (Å²) in [6, 6.07) is 7.23. The molecule has 7 heteroatoms. The Hall–Kier alpha value is -1.53. The Kier molecular flexibility index (Phi) is 4.69. The minimum Gasteiger partial charge on any atom is -0.411 e. The fraction of sp³-hybridized carbons (Fsp3) is 0.400. The van der Waals surface area contributed by atoms with Gasteiger partial charge in [-0.1, -0.05) is 29.4 Å². The number of aromatic nitrogens is 2. The van der Waals surface area contributed by atoms with Gasteiger partial charge in [0, 0.05) is 23.7 Å². The molecule has 2 aromatic rings. The van der Waals surface area contributed by atoms with Gasteiger partial charge in [-0.2, -0.15) is 0 Å². The summed E-state index contributed by atoms with van der Waals surface area (Å²) in [7, 11) is 0. The highest BCUT2D eigenvalue weighted by molar-refractivity contribution is 8.00. The van der Waals surface area contributed by atoms with Crippen LogP contribution in [0.2, 0.25) is 5.02 Å². The molecule has 1 aliphatic heterocycles. The lowest BCUT2D eigenvalue weighted by atomic mass is 10.2. The van der Waals surface area contributed by atoms with Crippen LogP contribution in [0.5, 0.6) is 0 Å². The van der Waals surface area contributed by atoms with E-state index >= 15 is 0 Å². The van der Waals surface area contributed by atoms with E-state index in [1.807, 2.05) is 24.0 Å². The number of amides is 1. The highest BCUT2D eigenvalue weighted by Gasteiger charge is 2.25. The predicted molar refractivity (Wildman–Crippen MR) is 85.9 cm³/mol. The molecule has 1 aromatic heterocycles. The number of hydrogen-bond donors (Lipinski definition) is 0. The molecule has 0 radical (unpaired) electrons. The fourth-order valence-electron chi connectivity index (χ4n) is 2.39. The zero-order chi connectivity index (χ0) is 15.5. The quantitative estimate of drug-likeness (QED) is 0.799. The number of benzene rings is 1. The minimum atomic E-state index is -0.231. The van der Waals surface area contributed by atoms with Gasteiger partial charge in [0.2, 0.25) is 11.8 Å². The minimum absolute atomic E-state index is 0.130. The lowest BCUT2D eigenvalue weighted by molar-refractivity contribution is -0.129. The SMILES string of the molecule is C[C@@H](Sc1nnc(-c2cccc(Cl)c2)o1)C(=O)N1CCCC1. The van der Waals surface area contributed by atoms with E-state index in [-0.39, 0.29) is 11.2 Å². The summed E-state index contributed by atoms with van der Waals surface area (Å²) in [5, 5.41) is 8.80. The lowest BCUT2D eigenvalue weighted by Crippen LogP contribution is -2.34. The van der Waals surface area contributed by atoms with Crippen LogP contribution in [0.15, 0.2) is 33.9 Å². The molecule has 1 amide bonds. The summed E-state index contributed by atoms with van der Waals surface area (Å²) in [6.45, 7) is 3.57. The van der Waals surface area contributed by atoms with Gasteiger partial charge in [0.25, 0.3) is 5.22 Å². The van der Waals surface area contributed by atoms with E-state index in [9.17, 15) is 4.79 Å². The number of thioether (sulfide) groups is 1. The lowest BCUT2D eigenvalue weighted by Gasteiger charge is -2.18. The molecule has 22 heavy (non-hydrogen) atoms. The van der Waals surface area contributed by atoms with Gasteiger partial charge in [0.05, 0.1) is 5.25 Å². The van der Waals surface area contributed by atoms with E-state index in [0.29, 0.717) is 16.1 Å². The summed E-state index contributed by atoms with van der Waals surface area (Å²) in [6.07, 6.45) is 2.17. The van der Waals surface area contributed by atoms with Gasteiger partial charge in [0.15, 0.2) is 0 Å². The first-order valence-corrected chi connectivity index (χ1v) is 8.44. The van der Waals surface area contributed by atoms with E-state index < -0.39 is 0 Å². The Labute approximate surface area is 138 Å². The van der Waals surface area contributed by atoms with E-state index in [1.54, 1.807) is 12.1 Å². The summed E-state index contributed by atoms with van der Waals surface area (Å²) in [5.74, 6) is 0.538. The van der Waals surface area contributed by atoms with Gasteiger partial charge in [-0.05, 0) is 38.0 Å². The van der Waals surface area contributed by atoms with Crippen molar-refractivity contribution in [3.05, 3.63) is 29.3 Å². The van der Waals surface area contributed by atoms with E-state index in [4.69, 9.17) is 16.0 Å². The van der Waals surface area contributed by atoms with Crippen LogP contribution in [0.25, 0.3) is 11.5 Å². The molecule has 1 aromatic carbocycles. The summed E-state index contributed by atoms with van der Waals surface area (Å²) < 4.78 is 5.62. The summed E-state index contributed by atoms with van der Waals surface area (Å²) >= 11 is 7.25. The monoisotopic (exact) mass is 337 g/mol. The Balaban J connectivity index is 1.67. The third kappa shape index (κ3) is 3.44. The van der Waals surface area contributed by atoms with Crippen molar-refractivity contribution in [1.82, 2.24) is 15.1 Å². The first-order chi connectivity index (χ1) is 10.6. The van der Waals surface area contributed by atoms with Crippen LogP contribution in [0, 0.1) is 0 Å². The first kappa shape index (κ1) is 15.4. The van der Waals surface area contributed by atoms with Crippen molar-refractivity contribution in [2.24, 2.45) is 0 Å². The molecule has 0 N–H and O–H groups in total. The first-order valence-electron chi connectivity index (χ1n) is 7.18. The third-order valence-electron chi connectivity index (χ3n) is 3.52. The number of rotatable bonds is 4. The van der Waals surface area contributed by atoms with Crippen molar-refractivity contribution in [1.29, 1.82) is 0 Å². The van der Waals surface area contributed by atoms with Crippen molar-refractivity contribution in [3.8, 4) is 11.5 Å². The largest absolute Gasteiger partial charge is 0.411 e. The Bertz CT molecular complexity index is 670. The highest BCUT2D eigenvalue weighted by atomic mass is 35.5. The Morgan fingerprint density at radius 2 is 2.14 bits per heavy atom. The molecule has 3 rings (SSSR count). The molecule has 1 fully saturated rings. The molecule has 1 saturated heterocycles. The standard InChI is InChI=1S/C15H16ClN3O2S/c1-10(14(20)19-7-2-3-8-19)22-15-18-17-13(21-15)11-5-4-6-12(16)9-11/h4-6,9-10H,2-3,7-8H2,1H3/t10-/m1/s1. The molecular formula is C15H16ClN3O2S. The molecule has 1 atom stereocenters. The Morgan fingerprint density at radius 1 is 1.36 bits per heavy atom. The number of likely N-dealkylation sites (tertiary alicyclic amines) is 1. The van der Waals surface area contributed by atoms with Crippen molar-refractivity contribution < 1.29 is 9.21 Å². The van der Waals surface area contributed by atoms with Crippen molar-refractivity contribution in [3.63, 3.8) is 0 Å². The van der Waals surface area contributed by atoms with Crippen molar-refractivity contribution in [2.45, 2.75) is 30.2 Å². The molecule has 0 aliphatic carbocycles. The summed E-state index contributed by atoms with van der Waals surface area (Å²) in [5.41, 5.74) is 0.769. The van der Waals surface area contributed by atoms with Crippen molar-refractivity contribution in [2.75, 3.05) is 13.1 Å². The van der Waals surface area contributed by atoms with Crippen LogP contribution >= 0.6 is 23.4 Å². The van der Waals surface area contributed by atoms with Gasteiger partial charge in [-0.15, -0.1) is 10.2 Å². The maximum atomic E-state index is 12.3. The second-order valence-corrected chi connectivity index (χ2v) is 6.90. The number of carbonyl (C=O) groups is 1. The zero-order valence-corrected chi connectivity index (χ0v) is 13.7. The molecule has 0 saturated carbocycles. The molecule has 0 spiro atoms. The number of carbonyl (C=O) groups excluding carboxylic acids is 1. The molecule has 0 unspecified atom stereocenters. The van der Waals surface area contributed by atoms with Gasteiger partial charge >= 0.3 is 0 Å². The second-order valence-electron chi connectivity index (χ2n) is 5.18. The van der Waals surface area contributed by atoms with Crippen LogP contribution < -0.4 is 0 Å². The average molecular weight is 338 g/mol. The van der Waals surface area contributed by atoms with Gasteiger partial charge in [0.1, 0.15) is 0 Å². The van der Waals surface area contributed by atoms with Crippen LogP contribution in [0.1, 0.15) is 19.8 Å². The van der Waals surface area contributed by atoms with Gasteiger partial charge in [-0.3, -0.25) is 4.79 Å².